The summed E-state index contributed by atoms with van der Waals surface area (Å²) in [6, 6.07) is 6.91. The molecular weight excluding hydrogens is 433 g/mol. The first-order chi connectivity index (χ1) is 15.6. The van der Waals surface area contributed by atoms with E-state index in [4.69, 9.17) is 0 Å². The van der Waals surface area contributed by atoms with Crippen molar-refractivity contribution in [2.75, 3.05) is 0 Å². The van der Waals surface area contributed by atoms with Gasteiger partial charge < -0.3 is 10.6 Å². The van der Waals surface area contributed by atoms with Crippen molar-refractivity contribution in [3.63, 3.8) is 0 Å². The molecule has 2 amide bonds. The van der Waals surface area contributed by atoms with E-state index in [9.17, 15) is 22.8 Å². The summed E-state index contributed by atoms with van der Waals surface area (Å²) in [7, 11) is 0. The molecule has 6 nitrogen and oxygen atoms in total. The van der Waals surface area contributed by atoms with Crippen molar-refractivity contribution in [1.29, 1.82) is 0 Å². The van der Waals surface area contributed by atoms with Crippen molar-refractivity contribution in [2.24, 2.45) is 5.92 Å². The molecule has 1 aliphatic rings. The lowest BCUT2D eigenvalue weighted by molar-refractivity contribution is -0.139. The maximum atomic E-state index is 13.8. The molecule has 1 aromatic carbocycles. The molecule has 0 bridgehead atoms. The molecular formula is C24H29F3N4O2. The minimum Gasteiger partial charge on any atom is -0.352 e. The maximum absolute atomic E-state index is 13.8. The zero-order valence-corrected chi connectivity index (χ0v) is 18.9. The number of nitrogens with one attached hydrogen (secondary N) is 3. The van der Waals surface area contributed by atoms with Crippen LogP contribution in [0.15, 0.2) is 36.5 Å². The van der Waals surface area contributed by atoms with Crippen molar-refractivity contribution >= 4 is 11.8 Å². The quantitative estimate of drug-likeness (QED) is 0.577. The second-order valence-corrected chi connectivity index (χ2v) is 8.56. The third-order valence-corrected chi connectivity index (χ3v) is 5.53. The predicted molar refractivity (Wildman–Crippen MR) is 118 cm³/mol. The number of nitrogens with zero attached hydrogens (tertiary/aromatic N) is 1. The van der Waals surface area contributed by atoms with E-state index in [0.29, 0.717) is 11.3 Å². The lowest BCUT2D eigenvalue weighted by Crippen LogP contribution is -2.47. The summed E-state index contributed by atoms with van der Waals surface area (Å²) >= 11 is 0. The van der Waals surface area contributed by atoms with E-state index >= 15 is 0 Å². The Morgan fingerprint density at radius 3 is 2.55 bits per heavy atom. The first kappa shape index (κ1) is 24.7. The number of aromatic nitrogens is 1. The third-order valence-electron chi connectivity index (χ3n) is 5.53. The number of pyridine rings is 1. The summed E-state index contributed by atoms with van der Waals surface area (Å²) in [6.07, 6.45) is -1.99. The molecule has 3 rings (SSSR count). The monoisotopic (exact) mass is 462 g/mol. The van der Waals surface area contributed by atoms with Gasteiger partial charge >= 0.3 is 6.18 Å². The lowest BCUT2D eigenvalue weighted by Gasteiger charge is -2.33. The van der Waals surface area contributed by atoms with Gasteiger partial charge in [0.15, 0.2) is 0 Å². The van der Waals surface area contributed by atoms with Crippen molar-refractivity contribution in [2.45, 2.75) is 65.0 Å². The molecule has 1 saturated heterocycles. The number of hydrogen-bond donors (Lipinski definition) is 3. The Labute approximate surface area is 191 Å². The van der Waals surface area contributed by atoms with Crippen LogP contribution in [0.1, 0.15) is 73.8 Å². The molecule has 0 saturated carbocycles. The van der Waals surface area contributed by atoms with E-state index in [-0.39, 0.29) is 36.3 Å². The van der Waals surface area contributed by atoms with E-state index in [2.05, 4.69) is 27.9 Å². The largest absolute Gasteiger partial charge is 0.416 e. The van der Waals surface area contributed by atoms with E-state index in [0.717, 1.165) is 24.5 Å². The molecule has 1 aliphatic heterocycles. The third kappa shape index (κ3) is 6.31. The number of halogens is 3. The standard InChI is InChI=1S/C24H29F3N4O2/c1-4-5-15-7-9-19(28-12-15)20-11-21(32)31-22(30-20)17-10-16(13-29-23(33)14(2)3)6-8-18(17)24(25,26)27/h6-10,12,14,20,22,30H,4-5,11,13H2,1-3H3,(H,29,33)(H,31,32). The molecule has 2 unspecified atom stereocenters. The molecule has 1 aromatic heterocycles. The summed E-state index contributed by atoms with van der Waals surface area (Å²) in [5.41, 5.74) is 1.23. The van der Waals surface area contributed by atoms with Gasteiger partial charge in [0.1, 0.15) is 6.17 Å². The van der Waals surface area contributed by atoms with Crippen LogP contribution < -0.4 is 16.0 Å². The van der Waals surface area contributed by atoms with Crippen LogP contribution in [-0.2, 0) is 28.7 Å². The Balaban J connectivity index is 1.88. The fraction of sp³-hybridized carbons (Fsp3) is 0.458. The van der Waals surface area contributed by atoms with Crippen LogP contribution in [0.2, 0.25) is 0 Å². The number of rotatable bonds is 7. The molecule has 0 radical (unpaired) electrons. The first-order valence-electron chi connectivity index (χ1n) is 11.1. The van der Waals surface area contributed by atoms with Crippen LogP contribution in [0.3, 0.4) is 0 Å². The number of carbonyl (C=O) groups excluding carboxylic acids is 2. The number of amides is 2. The SMILES string of the molecule is CCCc1ccc(C2CC(=O)NC(c3cc(CNC(=O)C(C)C)ccc3C(F)(F)F)N2)nc1. The summed E-state index contributed by atoms with van der Waals surface area (Å²) in [5.74, 6) is -0.803. The van der Waals surface area contributed by atoms with Crippen molar-refractivity contribution in [3.8, 4) is 0 Å². The van der Waals surface area contributed by atoms with Crippen LogP contribution in [0.25, 0.3) is 0 Å². The Bertz CT molecular complexity index is 990. The highest BCUT2D eigenvalue weighted by atomic mass is 19.4. The fourth-order valence-electron chi connectivity index (χ4n) is 3.76. The van der Waals surface area contributed by atoms with E-state index < -0.39 is 23.9 Å². The average Bonchev–Trinajstić information content (AvgIpc) is 2.76. The minimum absolute atomic E-state index is 0.0715. The summed E-state index contributed by atoms with van der Waals surface area (Å²) < 4.78 is 41.3. The van der Waals surface area contributed by atoms with Crippen LogP contribution in [0.5, 0.6) is 0 Å². The van der Waals surface area contributed by atoms with Gasteiger partial charge in [-0.25, -0.2) is 0 Å². The highest BCUT2D eigenvalue weighted by molar-refractivity contribution is 5.78. The molecule has 178 valence electrons. The van der Waals surface area contributed by atoms with Gasteiger partial charge in [-0.1, -0.05) is 39.3 Å². The second kappa shape index (κ2) is 10.3. The van der Waals surface area contributed by atoms with Gasteiger partial charge in [0.25, 0.3) is 0 Å². The Morgan fingerprint density at radius 2 is 1.94 bits per heavy atom. The highest BCUT2D eigenvalue weighted by Crippen LogP contribution is 2.36. The van der Waals surface area contributed by atoms with Gasteiger partial charge in [0.05, 0.1) is 17.3 Å². The van der Waals surface area contributed by atoms with Gasteiger partial charge in [0.2, 0.25) is 11.8 Å². The zero-order valence-electron chi connectivity index (χ0n) is 18.9. The van der Waals surface area contributed by atoms with Gasteiger partial charge in [-0.3, -0.25) is 19.9 Å². The number of alkyl halides is 3. The summed E-state index contributed by atoms with van der Waals surface area (Å²) in [4.78, 5) is 28.7. The topological polar surface area (TPSA) is 83.1 Å². The first-order valence-corrected chi connectivity index (χ1v) is 11.1. The van der Waals surface area contributed by atoms with Crippen LogP contribution in [0.4, 0.5) is 13.2 Å². The fourth-order valence-corrected chi connectivity index (χ4v) is 3.76. The number of hydrogen-bond acceptors (Lipinski definition) is 4. The number of benzene rings is 1. The Morgan fingerprint density at radius 1 is 1.21 bits per heavy atom. The zero-order chi connectivity index (χ0) is 24.2. The van der Waals surface area contributed by atoms with Crippen molar-refractivity contribution < 1.29 is 22.8 Å². The maximum Gasteiger partial charge on any atom is 0.416 e. The average molecular weight is 463 g/mol. The minimum atomic E-state index is -4.60. The number of aryl methyl sites for hydroxylation is 1. The summed E-state index contributed by atoms with van der Waals surface area (Å²) in [5, 5.41) is 8.44. The van der Waals surface area contributed by atoms with Gasteiger partial charge in [-0.05, 0) is 35.7 Å². The van der Waals surface area contributed by atoms with Gasteiger partial charge in [0, 0.05) is 30.6 Å². The van der Waals surface area contributed by atoms with E-state index in [1.807, 2.05) is 6.07 Å². The smallest absolute Gasteiger partial charge is 0.352 e. The lowest BCUT2D eigenvalue weighted by atomic mass is 9.97. The molecule has 0 spiro atoms. The van der Waals surface area contributed by atoms with Gasteiger partial charge in [-0.2, -0.15) is 13.2 Å². The van der Waals surface area contributed by atoms with E-state index in [1.54, 1.807) is 26.1 Å². The molecule has 3 N–H and O–H groups in total. The predicted octanol–water partition coefficient (Wildman–Crippen LogP) is 4.17. The molecule has 0 aliphatic carbocycles. The Kier molecular flexibility index (Phi) is 7.73. The van der Waals surface area contributed by atoms with Gasteiger partial charge in [-0.15, -0.1) is 0 Å². The van der Waals surface area contributed by atoms with Crippen molar-refractivity contribution in [1.82, 2.24) is 20.9 Å². The van der Waals surface area contributed by atoms with Crippen LogP contribution >= 0.6 is 0 Å². The molecule has 33 heavy (non-hydrogen) atoms. The second-order valence-electron chi connectivity index (χ2n) is 8.56. The molecule has 1 fully saturated rings. The molecule has 2 aromatic rings. The van der Waals surface area contributed by atoms with Crippen LogP contribution in [-0.4, -0.2) is 16.8 Å². The molecule has 9 heteroatoms. The van der Waals surface area contributed by atoms with Crippen molar-refractivity contribution in [3.05, 3.63) is 64.5 Å². The molecule has 2 atom stereocenters. The Hall–Kier alpha value is -2.94. The van der Waals surface area contributed by atoms with E-state index in [1.165, 1.54) is 12.1 Å². The highest BCUT2D eigenvalue weighted by Gasteiger charge is 2.38. The molecule has 2 heterocycles. The normalized spacial score (nSPS) is 18.8. The summed E-state index contributed by atoms with van der Waals surface area (Å²) in [6.45, 7) is 5.62. The van der Waals surface area contributed by atoms with Crippen LogP contribution in [0, 0.1) is 5.92 Å². The number of carbonyl (C=O) groups is 2.